The number of aldehydes is 1. The molecule has 0 amide bonds. The SMILES string of the molecule is O=Cc1cc2c3ccc4ccccc4c3c1CCc1ccc(cc1)CC2. The van der Waals surface area contributed by atoms with Gasteiger partial charge in [0.15, 0.2) is 0 Å². The summed E-state index contributed by atoms with van der Waals surface area (Å²) in [5, 5.41) is 5.08. The van der Waals surface area contributed by atoms with Gasteiger partial charge >= 0.3 is 0 Å². The molecule has 0 unspecified atom stereocenters. The summed E-state index contributed by atoms with van der Waals surface area (Å²) in [4.78, 5) is 11.9. The first-order chi connectivity index (χ1) is 12.8. The number of hydrogen-bond acceptors (Lipinski definition) is 1. The normalized spacial score (nSPS) is 13.7. The van der Waals surface area contributed by atoms with Crippen LogP contribution in [0.15, 0.2) is 66.7 Å². The van der Waals surface area contributed by atoms with E-state index >= 15 is 0 Å². The Morgan fingerprint density at radius 1 is 0.692 bits per heavy atom. The molecule has 26 heavy (non-hydrogen) atoms. The third kappa shape index (κ3) is 2.43. The molecule has 0 radical (unpaired) electrons. The zero-order chi connectivity index (χ0) is 17.5. The van der Waals surface area contributed by atoms with Gasteiger partial charge in [0.05, 0.1) is 0 Å². The summed E-state index contributed by atoms with van der Waals surface area (Å²) >= 11 is 0. The van der Waals surface area contributed by atoms with Crippen molar-refractivity contribution in [1.82, 2.24) is 0 Å². The molecule has 0 aromatic heterocycles. The number of carbonyl (C=O) groups is 1. The lowest BCUT2D eigenvalue weighted by atomic mass is 9.86. The van der Waals surface area contributed by atoms with Crippen LogP contribution in [0.1, 0.15) is 32.6 Å². The Morgan fingerprint density at radius 3 is 2.19 bits per heavy atom. The highest BCUT2D eigenvalue weighted by Gasteiger charge is 2.15. The molecule has 4 bridgehead atoms. The standard InChI is InChI=1S/C25H20O/c26-16-21-15-20-11-9-17-5-7-18(8-6-17)10-13-24(21)25-22-4-2-1-3-19(22)12-14-23(20)25/h1-8,12,14-16H,9-11,13H2. The summed E-state index contributed by atoms with van der Waals surface area (Å²) in [6, 6.07) is 24.1. The van der Waals surface area contributed by atoms with E-state index in [0.717, 1.165) is 37.5 Å². The molecular formula is C25H20O. The molecule has 0 N–H and O–H groups in total. The van der Waals surface area contributed by atoms with E-state index in [2.05, 4.69) is 66.7 Å². The molecule has 0 heterocycles. The average Bonchev–Trinajstić information content (AvgIpc) is 2.69. The minimum Gasteiger partial charge on any atom is -0.298 e. The minimum absolute atomic E-state index is 0.860. The predicted molar refractivity (Wildman–Crippen MR) is 108 cm³/mol. The zero-order valence-corrected chi connectivity index (χ0v) is 14.7. The van der Waals surface area contributed by atoms with E-state index in [1.807, 2.05) is 0 Å². The van der Waals surface area contributed by atoms with Crippen LogP contribution in [-0.2, 0) is 25.7 Å². The van der Waals surface area contributed by atoms with Gasteiger partial charge in [0.1, 0.15) is 6.29 Å². The first-order valence-corrected chi connectivity index (χ1v) is 9.33. The molecule has 0 fully saturated rings. The Labute approximate surface area is 153 Å². The van der Waals surface area contributed by atoms with Crippen molar-refractivity contribution in [1.29, 1.82) is 0 Å². The molecular weight excluding hydrogens is 316 g/mol. The third-order valence-corrected chi connectivity index (χ3v) is 5.75. The second-order valence-electron chi connectivity index (χ2n) is 7.25. The molecule has 8 rings (SSSR count). The smallest absolute Gasteiger partial charge is 0.150 e. The Kier molecular flexibility index (Phi) is 3.60. The molecule has 4 aromatic carbocycles. The molecule has 126 valence electrons. The first-order valence-electron chi connectivity index (χ1n) is 9.33. The van der Waals surface area contributed by atoms with Crippen LogP contribution in [0.3, 0.4) is 0 Å². The van der Waals surface area contributed by atoms with Gasteiger partial charge in [0.25, 0.3) is 0 Å². The largest absolute Gasteiger partial charge is 0.298 e. The van der Waals surface area contributed by atoms with E-state index in [0.29, 0.717) is 0 Å². The van der Waals surface area contributed by atoms with Crippen LogP contribution in [0.25, 0.3) is 21.5 Å². The molecule has 0 aliphatic heterocycles. The topological polar surface area (TPSA) is 17.1 Å². The molecule has 4 aliphatic carbocycles. The zero-order valence-electron chi connectivity index (χ0n) is 14.7. The van der Waals surface area contributed by atoms with Crippen LogP contribution in [0.5, 0.6) is 0 Å². The van der Waals surface area contributed by atoms with E-state index in [1.54, 1.807) is 0 Å². The lowest BCUT2D eigenvalue weighted by Gasteiger charge is -2.18. The van der Waals surface area contributed by atoms with Gasteiger partial charge in [-0.1, -0.05) is 60.7 Å². The highest BCUT2D eigenvalue weighted by atomic mass is 16.1. The maximum absolute atomic E-state index is 11.9. The van der Waals surface area contributed by atoms with Crippen molar-refractivity contribution in [3.8, 4) is 0 Å². The van der Waals surface area contributed by atoms with Gasteiger partial charge in [0.2, 0.25) is 0 Å². The van der Waals surface area contributed by atoms with Gasteiger partial charge in [-0.05, 0) is 75.5 Å². The molecule has 0 saturated carbocycles. The average molecular weight is 336 g/mol. The van der Waals surface area contributed by atoms with E-state index in [-0.39, 0.29) is 0 Å². The lowest BCUT2D eigenvalue weighted by molar-refractivity contribution is 0.112. The van der Waals surface area contributed by atoms with Crippen molar-refractivity contribution in [3.63, 3.8) is 0 Å². The van der Waals surface area contributed by atoms with Crippen molar-refractivity contribution in [2.75, 3.05) is 0 Å². The van der Waals surface area contributed by atoms with Crippen molar-refractivity contribution in [3.05, 3.63) is 94.5 Å². The van der Waals surface area contributed by atoms with Gasteiger partial charge in [-0.15, -0.1) is 0 Å². The monoisotopic (exact) mass is 336 g/mol. The molecule has 4 aromatic rings. The third-order valence-electron chi connectivity index (χ3n) is 5.75. The summed E-state index contributed by atoms with van der Waals surface area (Å²) in [6.45, 7) is 0. The van der Waals surface area contributed by atoms with Gasteiger partial charge in [-0.2, -0.15) is 0 Å². The molecule has 1 nitrogen and oxygen atoms in total. The molecule has 1 heteroatoms. The summed E-state index contributed by atoms with van der Waals surface area (Å²) < 4.78 is 0. The van der Waals surface area contributed by atoms with E-state index in [1.165, 1.54) is 43.8 Å². The maximum atomic E-state index is 11.9. The molecule has 0 spiro atoms. The Bertz CT molecular complexity index is 1140. The number of rotatable bonds is 1. The fourth-order valence-electron chi connectivity index (χ4n) is 4.36. The van der Waals surface area contributed by atoms with Crippen LogP contribution in [0.4, 0.5) is 0 Å². The summed E-state index contributed by atoms with van der Waals surface area (Å²) in [5.41, 5.74) is 6.03. The number of hydrogen-bond donors (Lipinski definition) is 0. The van der Waals surface area contributed by atoms with Gasteiger partial charge in [0, 0.05) is 5.56 Å². The Balaban J connectivity index is 1.87. The van der Waals surface area contributed by atoms with Gasteiger partial charge in [-0.3, -0.25) is 4.79 Å². The number of carbonyl (C=O) groups excluding carboxylic acids is 1. The van der Waals surface area contributed by atoms with Crippen LogP contribution in [0.2, 0.25) is 0 Å². The van der Waals surface area contributed by atoms with E-state index in [4.69, 9.17) is 0 Å². The number of benzene rings is 4. The molecule has 0 atom stereocenters. The second kappa shape index (κ2) is 6.10. The van der Waals surface area contributed by atoms with Crippen LogP contribution < -0.4 is 0 Å². The quantitative estimate of drug-likeness (QED) is 0.322. The highest BCUT2D eigenvalue weighted by molar-refractivity contribution is 6.12. The summed E-state index contributed by atoms with van der Waals surface area (Å²) in [7, 11) is 0. The molecule has 0 saturated heterocycles. The second-order valence-corrected chi connectivity index (χ2v) is 7.25. The number of fused-ring (bicyclic) bond motifs is 1. The van der Waals surface area contributed by atoms with E-state index < -0.39 is 0 Å². The van der Waals surface area contributed by atoms with Crippen LogP contribution in [0, 0.1) is 0 Å². The van der Waals surface area contributed by atoms with Crippen molar-refractivity contribution >= 4 is 27.8 Å². The van der Waals surface area contributed by atoms with Gasteiger partial charge in [-0.25, -0.2) is 0 Å². The van der Waals surface area contributed by atoms with Crippen LogP contribution in [-0.4, -0.2) is 6.29 Å². The maximum Gasteiger partial charge on any atom is 0.150 e. The Hall–Kier alpha value is -2.93. The lowest BCUT2D eigenvalue weighted by Crippen LogP contribution is -2.04. The predicted octanol–water partition coefficient (Wildman–Crippen LogP) is 5.69. The minimum atomic E-state index is 0.860. The Morgan fingerprint density at radius 2 is 1.42 bits per heavy atom. The van der Waals surface area contributed by atoms with Crippen molar-refractivity contribution in [2.45, 2.75) is 25.7 Å². The first kappa shape index (κ1) is 15.3. The van der Waals surface area contributed by atoms with Crippen LogP contribution >= 0.6 is 0 Å². The summed E-state index contributed by atoms with van der Waals surface area (Å²) in [6.07, 6.45) is 4.85. The van der Waals surface area contributed by atoms with Gasteiger partial charge < -0.3 is 0 Å². The highest BCUT2D eigenvalue weighted by Crippen LogP contribution is 2.34. The summed E-state index contributed by atoms with van der Waals surface area (Å²) in [5.74, 6) is 0. The number of aryl methyl sites for hydroxylation is 4. The fraction of sp³-hybridized carbons (Fsp3) is 0.160. The van der Waals surface area contributed by atoms with E-state index in [9.17, 15) is 4.79 Å². The fourth-order valence-corrected chi connectivity index (χ4v) is 4.36. The van der Waals surface area contributed by atoms with Crippen molar-refractivity contribution in [2.24, 2.45) is 0 Å². The van der Waals surface area contributed by atoms with Crippen molar-refractivity contribution < 1.29 is 4.79 Å². The molecule has 4 aliphatic rings.